The quantitative estimate of drug-likeness (QED) is 0.515. The van der Waals surface area contributed by atoms with Gasteiger partial charge < -0.3 is 15.2 Å². The Kier molecular flexibility index (Phi) is 1.87. The molecule has 0 bridgehead atoms. The van der Waals surface area contributed by atoms with Crippen LogP contribution >= 0.6 is 0 Å². The van der Waals surface area contributed by atoms with Crippen LogP contribution in [0.5, 0.6) is 0 Å². The number of piperidine rings is 1. The van der Waals surface area contributed by atoms with E-state index in [0.29, 0.717) is 6.54 Å². The fraction of sp³-hybridized carbons (Fsp3) is 1.00. The average molecular weight is 157 g/mol. The van der Waals surface area contributed by atoms with E-state index in [2.05, 4.69) is 5.32 Å². The summed E-state index contributed by atoms with van der Waals surface area (Å²) in [7, 11) is 0. The van der Waals surface area contributed by atoms with Crippen molar-refractivity contribution in [3.05, 3.63) is 0 Å². The highest BCUT2D eigenvalue weighted by Crippen LogP contribution is 2.33. The molecule has 0 unspecified atom stereocenters. The van der Waals surface area contributed by atoms with Gasteiger partial charge in [-0.2, -0.15) is 0 Å². The van der Waals surface area contributed by atoms with Crippen molar-refractivity contribution in [2.45, 2.75) is 31.0 Å². The highest BCUT2D eigenvalue weighted by Gasteiger charge is 2.43. The van der Waals surface area contributed by atoms with Crippen LogP contribution in [0.3, 0.4) is 0 Å². The van der Waals surface area contributed by atoms with Gasteiger partial charge in [-0.1, -0.05) is 0 Å². The molecule has 2 N–H and O–H groups in total. The van der Waals surface area contributed by atoms with E-state index in [1.165, 1.54) is 0 Å². The number of aliphatic hydroxyl groups is 1. The summed E-state index contributed by atoms with van der Waals surface area (Å²) < 4.78 is 5.60. The minimum absolute atomic E-state index is 0.175. The minimum Gasteiger partial charge on any atom is -0.389 e. The highest BCUT2D eigenvalue weighted by atomic mass is 16.5. The Hall–Kier alpha value is -0.120. The normalized spacial score (nSPS) is 45.0. The average Bonchev–Trinajstić information content (AvgIpc) is 2.46. The minimum atomic E-state index is -0.293. The van der Waals surface area contributed by atoms with Crippen LogP contribution in [0, 0.1) is 0 Å². The lowest BCUT2D eigenvalue weighted by molar-refractivity contribution is -0.105. The molecule has 1 spiro atoms. The molecule has 2 fully saturated rings. The van der Waals surface area contributed by atoms with Crippen LogP contribution in [0.15, 0.2) is 0 Å². The van der Waals surface area contributed by atoms with Crippen LogP contribution in [-0.2, 0) is 4.74 Å². The van der Waals surface area contributed by atoms with Crippen molar-refractivity contribution in [2.24, 2.45) is 0 Å². The van der Waals surface area contributed by atoms with Crippen LogP contribution < -0.4 is 5.32 Å². The Morgan fingerprint density at radius 3 is 3.00 bits per heavy atom. The van der Waals surface area contributed by atoms with Crippen molar-refractivity contribution in [2.75, 3.05) is 19.7 Å². The van der Waals surface area contributed by atoms with Crippen LogP contribution in [0.25, 0.3) is 0 Å². The summed E-state index contributed by atoms with van der Waals surface area (Å²) in [4.78, 5) is 0. The van der Waals surface area contributed by atoms with Crippen molar-refractivity contribution in [1.82, 2.24) is 5.32 Å². The molecule has 11 heavy (non-hydrogen) atoms. The second-order valence-corrected chi connectivity index (χ2v) is 3.49. The van der Waals surface area contributed by atoms with Gasteiger partial charge in [0.25, 0.3) is 0 Å². The summed E-state index contributed by atoms with van der Waals surface area (Å²) in [6.07, 6.45) is 2.82. The van der Waals surface area contributed by atoms with Crippen molar-refractivity contribution in [1.29, 1.82) is 0 Å². The van der Waals surface area contributed by atoms with Crippen molar-refractivity contribution in [3.63, 3.8) is 0 Å². The third-order valence-electron chi connectivity index (χ3n) is 2.80. The third-order valence-corrected chi connectivity index (χ3v) is 2.80. The van der Waals surface area contributed by atoms with E-state index < -0.39 is 0 Å². The second kappa shape index (κ2) is 2.73. The Bertz CT molecular complexity index is 143. The van der Waals surface area contributed by atoms with E-state index in [9.17, 15) is 5.11 Å². The summed E-state index contributed by atoms with van der Waals surface area (Å²) in [5.74, 6) is 0. The van der Waals surface area contributed by atoms with Crippen LogP contribution in [0.4, 0.5) is 0 Å². The maximum absolute atomic E-state index is 9.67. The number of hydrogen-bond acceptors (Lipinski definition) is 3. The molecule has 64 valence electrons. The molecule has 3 nitrogen and oxygen atoms in total. The topological polar surface area (TPSA) is 41.5 Å². The van der Waals surface area contributed by atoms with Crippen molar-refractivity contribution in [3.8, 4) is 0 Å². The molecular formula is C8H15NO2. The Morgan fingerprint density at radius 2 is 2.36 bits per heavy atom. The first-order chi connectivity index (χ1) is 5.33. The highest BCUT2D eigenvalue weighted by molar-refractivity contribution is 4.96. The molecule has 2 heterocycles. The fourth-order valence-corrected chi connectivity index (χ4v) is 2.07. The molecule has 2 saturated heterocycles. The zero-order valence-electron chi connectivity index (χ0n) is 6.68. The molecule has 2 aliphatic heterocycles. The molecular weight excluding hydrogens is 142 g/mol. The number of rotatable bonds is 0. The number of hydrogen-bond donors (Lipinski definition) is 2. The van der Waals surface area contributed by atoms with E-state index in [4.69, 9.17) is 4.74 Å². The van der Waals surface area contributed by atoms with Gasteiger partial charge in [-0.25, -0.2) is 0 Å². The van der Waals surface area contributed by atoms with Crippen LogP contribution in [-0.4, -0.2) is 36.5 Å². The SMILES string of the molecule is O[C@@H]1CNCC[C@]12CCCO2. The van der Waals surface area contributed by atoms with Gasteiger partial charge in [0.1, 0.15) is 0 Å². The predicted octanol–water partition coefficient (Wildman–Crippen LogP) is -0.110. The standard InChI is InChI=1S/C8H15NO2/c10-7-6-9-4-3-8(7)2-1-5-11-8/h7,9-10H,1-6H2/t7-,8-/m1/s1. The smallest absolute Gasteiger partial charge is 0.0965 e. The van der Waals surface area contributed by atoms with Gasteiger partial charge >= 0.3 is 0 Å². The largest absolute Gasteiger partial charge is 0.389 e. The molecule has 0 aromatic rings. The first-order valence-corrected chi connectivity index (χ1v) is 4.36. The first-order valence-electron chi connectivity index (χ1n) is 4.36. The maximum atomic E-state index is 9.67. The van der Waals surface area contributed by atoms with Crippen LogP contribution in [0.2, 0.25) is 0 Å². The molecule has 0 radical (unpaired) electrons. The zero-order chi connectivity index (χ0) is 7.73. The molecule has 0 amide bonds. The summed E-state index contributed by atoms with van der Waals surface area (Å²) in [5.41, 5.74) is -0.175. The van der Waals surface area contributed by atoms with Gasteiger partial charge in [0, 0.05) is 13.2 Å². The molecule has 3 heteroatoms. The lowest BCUT2D eigenvalue weighted by Gasteiger charge is -2.37. The Morgan fingerprint density at radius 1 is 1.45 bits per heavy atom. The molecule has 2 rings (SSSR count). The van der Waals surface area contributed by atoms with E-state index in [0.717, 1.165) is 32.4 Å². The van der Waals surface area contributed by atoms with Crippen LogP contribution in [0.1, 0.15) is 19.3 Å². The fourth-order valence-electron chi connectivity index (χ4n) is 2.07. The number of ether oxygens (including phenoxy) is 1. The molecule has 2 atom stereocenters. The van der Waals surface area contributed by atoms with Gasteiger partial charge in [0.05, 0.1) is 11.7 Å². The zero-order valence-corrected chi connectivity index (χ0v) is 6.68. The number of β-amino-alcohol motifs (C(OH)–C–C–N with tert-alkyl or cyclic N) is 1. The second-order valence-electron chi connectivity index (χ2n) is 3.49. The van der Waals surface area contributed by atoms with Crippen molar-refractivity contribution < 1.29 is 9.84 Å². The van der Waals surface area contributed by atoms with Gasteiger partial charge in [0.15, 0.2) is 0 Å². The van der Waals surface area contributed by atoms with E-state index >= 15 is 0 Å². The van der Waals surface area contributed by atoms with E-state index in [-0.39, 0.29) is 11.7 Å². The predicted molar refractivity (Wildman–Crippen MR) is 41.4 cm³/mol. The van der Waals surface area contributed by atoms with E-state index in [1.807, 2.05) is 0 Å². The maximum Gasteiger partial charge on any atom is 0.0965 e. The molecule has 0 aromatic carbocycles. The molecule has 0 aromatic heterocycles. The molecule has 0 aliphatic carbocycles. The Balaban J connectivity index is 2.07. The Labute approximate surface area is 66.7 Å². The molecule has 0 saturated carbocycles. The summed E-state index contributed by atoms with van der Waals surface area (Å²) in [6.45, 7) is 2.51. The monoisotopic (exact) mass is 157 g/mol. The number of nitrogens with one attached hydrogen (secondary N) is 1. The van der Waals surface area contributed by atoms with Crippen molar-refractivity contribution >= 4 is 0 Å². The lowest BCUT2D eigenvalue weighted by Crippen LogP contribution is -2.53. The van der Waals surface area contributed by atoms with E-state index in [1.54, 1.807) is 0 Å². The molecule has 2 aliphatic rings. The summed E-state index contributed by atoms with van der Waals surface area (Å²) >= 11 is 0. The third kappa shape index (κ3) is 1.17. The number of aliphatic hydroxyl groups excluding tert-OH is 1. The lowest BCUT2D eigenvalue weighted by atomic mass is 9.87. The van der Waals surface area contributed by atoms with Gasteiger partial charge in [-0.15, -0.1) is 0 Å². The van der Waals surface area contributed by atoms with Gasteiger partial charge in [-0.05, 0) is 25.8 Å². The summed E-state index contributed by atoms with van der Waals surface area (Å²) in [6, 6.07) is 0. The first kappa shape index (κ1) is 7.53. The van der Waals surface area contributed by atoms with Gasteiger partial charge in [0.2, 0.25) is 0 Å². The summed E-state index contributed by atoms with van der Waals surface area (Å²) in [5, 5.41) is 12.8. The van der Waals surface area contributed by atoms with Gasteiger partial charge in [-0.3, -0.25) is 0 Å².